The number of carbonyl (C=O) groups excluding carboxylic acids is 1. The number of likely N-dealkylation sites (N-methyl/N-ethyl adjacent to an activating group) is 1. The third kappa shape index (κ3) is 13.1. The minimum Gasteiger partial charge on any atom is -0.493 e. The maximum atomic E-state index is 8.73. The van der Waals surface area contributed by atoms with Crippen LogP contribution in [-0.4, -0.2) is 44.8 Å². The Morgan fingerprint density at radius 1 is 1.04 bits per heavy atom. The van der Waals surface area contributed by atoms with Crippen LogP contribution in [0, 0.1) is 12.3 Å². The maximum absolute atomic E-state index is 8.73. The van der Waals surface area contributed by atoms with Gasteiger partial charge in [-0.25, -0.2) is 0 Å². The molecule has 242 valence electrons. The van der Waals surface area contributed by atoms with Gasteiger partial charge in [0.2, 0.25) is 6.41 Å². The van der Waals surface area contributed by atoms with Gasteiger partial charge in [0.1, 0.15) is 0 Å². The normalized spacial score (nSPS) is 10.8. The molecule has 5 N–H and O–H groups in total. The number of nitrogens with zero attached hydrogens (tertiary/aromatic N) is 1. The molecule has 3 aromatic carbocycles. The van der Waals surface area contributed by atoms with Gasteiger partial charge < -0.3 is 31.3 Å². The third-order valence-corrected chi connectivity index (χ3v) is 7.65. The number of nitrogens with two attached hydrogens (primary N) is 2. The van der Waals surface area contributed by atoms with Gasteiger partial charge in [0.15, 0.2) is 11.5 Å². The molecular weight excluding hydrogens is 580 g/mol. The number of rotatable bonds is 14. The molecule has 0 saturated heterocycles. The quantitative estimate of drug-likeness (QED) is 0.0951. The summed E-state index contributed by atoms with van der Waals surface area (Å²) in [5, 5.41) is 10.6. The minimum absolute atomic E-state index is 0.250. The molecule has 3 rings (SSSR count). The van der Waals surface area contributed by atoms with Crippen molar-refractivity contribution in [1.82, 2.24) is 4.90 Å². The molecule has 0 fully saturated rings. The van der Waals surface area contributed by atoms with Crippen molar-refractivity contribution >= 4 is 35.6 Å². The Hall–Kier alpha value is -4.27. The second-order valence-electron chi connectivity index (χ2n) is 9.89. The fraction of sp³-hybridized carbons (Fsp3) is 0.297. The molecule has 0 bridgehead atoms. The van der Waals surface area contributed by atoms with Gasteiger partial charge in [-0.3, -0.25) is 4.79 Å². The fourth-order valence-corrected chi connectivity index (χ4v) is 5.11. The number of hydrogen-bond acceptors (Lipinski definition) is 7. The first kappa shape index (κ1) is 38.8. The number of thioether (sulfide) groups is 1. The first-order valence-electron chi connectivity index (χ1n) is 14.9. The average molecular weight is 631 g/mol. The predicted molar refractivity (Wildman–Crippen MR) is 194 cm³/mol. The maximum Gasteiger partial charge on any atom is 0.204 e. The number of nitrogens with one attached hydrogen (secondary N) is 1. The first-order valence-corrected chi connectivity index (χ1v) is 15.8. The fourth-order valence-electron chi connectivity index (χ4n) is 4.52. The van der Waals surface area contributed by atoms with Crippen LogP contribution >= 0.6 is 11.8 Å². The van der Waals surface area contributed by atoms with E-state index in [4.69, 9.17) is 25.4 Å². The topological polar surface area (TPSA) is 115 Å². The molecule has 8 heteroatoms. The van der Waals surface area contributed by atoms with Crippen LogP contribution in [0.4, 0.5) is 5.69 Å². The zero-order valence-corrected chi connectivity index (χ0v) is 28.7. The summed E-state index contributed by atoms with van der Waals surface area (Å²) in [4.78, 5) is 12.1. The Morgan fingerprint density at radius 3 is 2.36 bits per heavy atom. The number of benzene rings is 3. The van der Waals surface area contributed by atoms with E-state index in [1.807, 2.05) is 62.6 Å². The molecule has 1 amide bonds. The average Bonchev–Trinajstić information content (AvgIpc) is 3.04. The monoisotopic (exact) mass is 630 g/mol. The number of allylic oxidation sites excluding steroid dienone is 3. The van der Waals surface area contributed by atoms with E-state index in [1.54, 1.807) is 26.0 Å². The Labute approximate surface area is 274 Å². The molecule has 0 aromatic heterocycles. The van der Waals surface area contributed by atoms with Crippen LogP contribution in [0.3, 0.4) is 0 Å². The standard InChI is InChI=1S/C34H41N3O2S.C2H6.CH3NO/c1-7-29(40-8-2)21-28-22-30(32(36)18-24(28)3)31(35)14-12-25-10-9-11-27(19-25)23-37(4)17-16-26-13-15-33(38-5)34(20-26)39-6;1-2;2-1-3/h7-15,18-20,22,35H,2,16-17,21,23,36H2,1,3-6H3;1-2H3;1H,(H2,2,3)/b14-12+,29-7-,35-31?;;. The molecule has 0 spiro atoms. The summed E-state index contributed by atoms with van der Waals surface area (Å²) in [5.41, 5.74) is 18.1. The van der Waals surface area contributed by atoms with Gasteiger partial charge in [-0.05, 0) is 95.8 Å². The number of amides is 1. The number of methoxy groups -OCH3 is 2. The Morgan fingerprint density at radius 2 is 1.73 bits per heavy atom. The summed E-state index contributed by atoms with van der Waals surface area (Å²) < 4.78 is 10.8. The van der Waals surface area contributed by atoms with Gasteiger partial charge in [-0.2, -0.15) is 0 Å². The van der Waals surface area contributed by atoms with E-state index in [9.17, 15) is 0 Å². The number of primary amides is 1. The smallest absolute Gasteiger partial charge is 0.204 e. The Bertz CT molecular complexity index is 1450. The molecular formula is C37H50N4O3S. The molecule has 0 unspecified atom stereocenters. The highest BCUT2D eigenvalue weighted by atomic mass is 32.2. The van der Waals surface area contributed by atoms with Gasteiger partial charge in [0, 0.05) is 30.8 Å². The van der Waals surface area contributed by atoms with Crippen molar-refractivity contribution in [2.45, 2.75) is 47.1 Å². The lowest BCUT2D eigenvalue weighted by atomic mass is 9.97. The van der Waals surface area contributed by atoms with Crippen LogP contribution in [0.2, 0.25) is 0 Å². The van der Waals surface area contributed by atoms with E-state index in [0.717, 1.165) is 54.1 Å². The number of ether oxygens (including phenoxy) is 2. The molecule has 0 aliphatic heterocycles. The van der Waals surface area contributed by atoms with Crippen LogP contribution in [-0.2, 0) is 24.2 Å². The van der Waals surface area contributed by atoms with Crippen molar-refractivity contribution in [3.8, 4) is 11.5 Å². The molecule has 45 heavy (non-hydrogen) atoms. The van der Waals surface area contributed by atoms with E-state index in [0.29, 0.717) is 11.4 Å². The number of aryl methyl sites for hydroxylation is 1. The summed E-state index contributed by atoms with van der Waals surface area (Å²) in [7, 11) is 5.44. The number of hydrogen-bond donors (Lipinski definition) is 3. The van der Waals surface area contributed by atoms with Gasteiger partial charge >= 0.3 is 0 Å². The van der Waals surface area contributed by atoms with Crippen LogP contribution in [0.5, 0.6) is 11.5 Å². The Balaban J connectivity index is 0.00000191. The molecule has 0 saturated carbocycles. The second kappa shape index (κ2) is 21.4. The zero-order valence-electron chi connectivity index (χ0n) is 27.9. The highest BCUT2D eigenvalue weighted by Crippen LogP contribution is 2.28. The predicted octanol–water partition coefficient (Wildman–Crippen LogP) is 7.80. The minimum atomic E-state index is 0.250. The Kier molecular flexibility index (Phi) is 18.5. The van der Waals surface area contributed by atoms with Crippen molar-refractivity contribution in [3.63, 3.8) is 0 Å². The lowest BCUT2D eigenvalue weighted by Gasteiger charge is -2.17. The van der Waals surface area contributed by atoms with Crippen molar-refractivity contribution < 1.29 is 14.3 Å². The van der Waals surface area contributed by atoms with Crippen LogP contribution < -0.4 is 20.9 Å². The second-order valence-corrected chi connectivity index (χ2v) is 11.0. The third-order valence-electron chi connectivity index (χ3n) is 6.80. The van der Waals surface area contributed by atoms with Crippen molar-refractivity contribution in [2.75, 3.05) is 33.5 Å². The van der Waals surface area contributed by atoms with E-state index in [1.165, 1.54) is 21.6 Å². The lowest BCUT2D eigenvalue weighted by Crippen LogP contribution is -2.20. The van der Waals surface area contributed by atoms with E-state index in [-0.39, 0.29) is 6.41 Å². The van der Waals surface area contributed by atoms with Gasteiger partial charge in [-0.1, -0.05) is 62.9 Å². The van der Waals surface area contributed by atoms with E-state index in [2.05, 4.69) is 67.6 Å². The van der Waals surface area contributed by atoms with Gasteiger partial charge in [0.25, 0.3) is 0 Å². The number of anilines is 1. The summed E-state index contributed by atoms with van der Waals surface area (Å²) in [6.07, 6.45) is 7.88. The molecule has 0 aliphatic rings. The summed E-state index contributed by atoms with van der Waals surface area (Å²) in [5.74, 6) is 1.50. The van der Waals surface area contributed by atoms with Crippen molar-refractivity contribution in [1.29, 1.82) is 5.41 Å². The first-order chi connectivity index (χ1) is 21.7. The summed E-state index contributed by atoms with van der Waals surface area (Å²) in [6, 6.07) is 18.5. The van der Waals surface area contributed by atoms with Crippen molar-refractivity contribution in [2.24, 2.45) is 5.73 Å². The SMILES string of the molecule is C=CS/C(=C\C)Cc1cc(C(=N)/C=C/c2cccc(CN(C)CCc3ccc(OC)c(OC)c3)c2)c(N)cc1C.CC.NC=O. The molecule has 0 heterocycles. The summed E-state index contributed by atoms with van der Waals surface area (Å²) >= 11 is 1.63. The molecule has 3 aromatic rings. The van der Waals surface area contributed by atoms with Crippen LogP contribution in [0.15, 0.2) is 83.6 Å². The van der Waals surface area contributed by atoms with Crippen LogP contribution in [0.25, 0.3) is 6.08 Å². The largest absolute Gasteiger partial charge is 0.493 e. The highest BCUT2D eigenvalue weighted by molar-refractivity contribution is 8.05. The summed E-state index contributed by atoms with van der Waals surface area (Å²) in [6.45, 7) is 13.7. The molecule has 0 aliphatic carbocycles. The molecule has 0 atom stereocenters. The van der Waals surface area contributed by atoms with E-state index < -0.39 is 0 Å². The van der Waals surface area contributed by atoms with Gasteiger partial charge in [-0.15, -0.1) is 11.8 Å². The van der Waals surface area contributed by atoms with Crippen LogP contribution in [0.1, 0.15) is 54.2 Å². The lowest BCUT2D eigenvalue weighted by molar-refractivity contribution is -0.106. The number of carbonyl (C=O) groups is 1. The highest BCUT2D eigenvalue weighted by Gasteiger charge is 2.11. The zero-order chi connectivity index (χ0) is 33.8. The molecule has 0 radical (unpaired) electrons. The van der Waals surface area contributed by atoms with Crippen molar-refractivity contribution in [3.05, 3.63) is 117 Å². The molecule has 7 nitrogen and oxygen atoms in total. The van der Waals surface area contributed by atoms with Gasteiger partial charge in [0.05, 0.1) is 19.9 Å². The van der Waals surface area contributed by atoms with E-state index >= 15 is 0 Å². The number of nitrogen functional groups attached to an aromatic ring is 1.